The lowest BCUT2D eigenvalue weighted by Gasteiger charge is -2.15. The summed E-state index contributed by atoms with van der Waals surface area (Å²) in [7, 11) is 3.18. The first-order valence-electron chi connectivity index (χ1n) is 11.2. The zero-order valence-corrected chi connectivity index (χ0v) is 20.0. The monoisotopic (exact) mass is 468 g/mol. The molecule has 1 aliphatic heterocycles. The molecule has 1 N–H and O–H groups in total. The highest BCUT2D eigenvalue weighted by molar-refractivity contribution is 6.18. The summed E-state index contributed by atoms with van der Waals surface area (Å²) in [5.74, 6) is 1.28. The molecular weight excluding hydrogens is 443 g/mol. The molecule has 0 saturated heterocycles. The van der Waals surface area contributed by atoms with Crippen LogP contribution in [0.15, 0.2) is 65.8 Å². The largest absolute Gasteiger partial charge is 0.496 e. The van der Waals surface area contributed by atoms with Crippen LogP contribution in [0.25, 0.3) is 11.3 Å². The Morgan fingerprint density at radius 2 is 1.74 bits per heavy atom. The number of anilines is 2. The molecule has 0 aliphatic carbocycles. The number of nitrogens with one attached hydrogen (secondary N) is 1. The van der Waals surface area contributed by atoms with Crippen molar-refractivity contribution in [3.63, 3.8) is 0 Å². The van der Waals surface area contributed by atoms with Gasteiger partial charge in [0.05, 0.1) is 37.7 Å². The van der Waals surface area contributed by atoms with Crippen LogP contribution in [0.5, 0.6) is 11.5 Å². The minimum absolute atomic E-state index is 0.314. The van der Waals surface area contributed by atoms with Crippen LogP contribution in [-0.2, 0) is 6.54 Å². The SMILES string of the molecule is COc1cc(Nc2ncc3c(n2)-c2ccc(C)cc2C(c2c(F)cccc2OC)=NC3)ccc1C. The summed E-state index contributed by atoms with van der Waals surface area (Å²) in [6, 6.07) is 16.7. The van der Waals surface area contributed by atoms with Crippen molar-refractivity contribution in [1.82, 2.24) is 9.97 Å². The summed E-state index contributed by atoms with van der Waals surface area (Å²) >= 11 is 0. The van der Waals surface area contributed by atoms with Gasteiger partial charge in [0, 0.05) is 34.6 Å². The van der Waals surface area contributed by atoms with Gasteiger partial charge in [0.15, 0.2) is 0 Å². The molecule has 4 aromatic rings. The zero-order chi connectivity index (χ0) is 24.5. The maximum absolute atomic E-state index is 15.1. The van der Waals surface area contributed by atoms with Crippen LogP contribution in [0.2, 0.25) is 0 Å². The summed E-state index contributed by atoms with van der Waals surface area (Å²) in [6.07, 6.45) is 1.77. The second kappa shape index (κ2) is 9.18. The number of hydrogen-bond donors (Lipinski definition) is 1. The first-order chi connectivity index (χ1) is 17.0. The lowest BCUT2D eigenvalue weighted by molar-refractivity contribution is 0.410. The molecule has 0 fully saturated rings. The molecule has 5 rings (SSSR count). The van der Waals surface area contributed by atoms with Crippen molar-refractivity contribution in [2.45, 2.75) is 20.4 Å². The fourth-order valence-electron chi connectivity index (χ4n) is 4.27. The molecule has 0 radical (unpaired) electrons. The molecule has 3 aromatic carbocycles. The number of benzene rings is 3. The smallest absolute Gasteiger partial charge is 0.227 e. The van der Waals surface area contributed by atoms with Gasteiger partial charge in [-0.3, -0.25) is 4.99 Å². The van der Waals surface area contributed by atoms with E-state index in [0.717, 1.165) is 44.9 Å². The van der Waals surface area contributed by atoms with Gasteiger partial charge in [-0.05, 0) is 43.7 Å². The van der Waals surface area contributed by atoms with Gasteiger partial charge in [-0.1, -0.05) is 29.8 Å². The molecule has 1 aromatic heterocycles. The molecule has 176 valence electrons. The van der Waals surface area contributed by atoms with E-state index in [4.69, 9.17) is 19.5 Å². The van der Waals surface area contributed by atoms with Crippen molar-refractivity contribution >= 4 is 17.3 Å². The second-order valence-corrected chi connectivity index (χ2v) is 8.41. The Bertz CT molecular complexity index is 1470. The number of aliphatic imine (C=N–C) groups is 1. The predicted octanol–water partition coefficient (Wildman–Crippen LogP) is 6.01. The molecule has 0 atom stereocenters. The quantitative estimate of drug-likeness (QED) is 0.388. The van der Waals surface area contributed by atoms with Gasteiger partial charge >= 0.3 is 0 Å². The average molecular weight is 469 g/mol. The maximum atomic E-state index is 15.1. The van der Waals surface area contributed by atoms with E-state index in [0.29, 0.717) is 29.5 Å². The lowest BCUT2D eigenvalue weighted by atomic mass is 9.93. The molecule has 0 unspecified atom stereocenters. The molecular formula is C28H25FN4O2. The van der Waals surface area contributed by atoms with Crippen LogP contribution in [0.4, 0.5) is 16.0 Å². The van der Waals surface area contributed by atoms with Gasteiger partial charge in [-0.15, -0.1) is 0 Å². The highest BCUT2D eigenvalue weighted by Gasteiger charge is 2.25. The number of aromatic nitrogens is 2. The Balaban J connectivity index is 1.62. The third-order valence-electron chi connectivity index (χ3n) is 6.05. The number of methoxy groups -OCH3 is 2. The summed E-state index contributed by atoms with van der Waals surface area (Å²) in [4.78, 5) is 14.2. The lowest BCUT2D eigenvalue weighted by Crippen LogP contribution is -2.10. The van der Waals surface area contributed by atoms with Crippen molar-refractivity contribution < 1.29 is 13.9 Å². The van der Waals surface area contributed by atoms with Crippen molar-refractivity contribution in [3.8, 4) is 22.8 Å². The fourth-order valence-corrected chi connectivity index (χ4v) is 4.27. The number of halogens is 1. The van der Waals surface area contributed by atoms with Crippen molar-refractivity contribution in [1.29, 1.82) is 0 Å². The number of ether oxygens (including phenoxy) is 2. The van der Waals surface area contributed by atoms with Crippen LogP contribution < -0.4 is 14.8 Å². The van der Waals surface area contributed by atoms with Crippen molar-refractivity contribution in [2.75, 3.05) is 19.5 Å². The highest BCUT2D eigenvalue weighted by Crippen LogP contribution is 2.35. The Labute approximate surface area is 203 Å². The van der Waals surface area contributed by atoms with Crippen molar-refractivity contribution in [2.24, 2.45) is 4.99 Å². The predicted molar refractivity (Wildman–Crippen MR) is 136 cm³/mol. The molecule has 0 saturated carbocycles. The normalized spacial score (nSPS) is 12.2. The van der Waals surface area contributed by atoms with Crippen LogP contribution in [0, 0.1) is 19.7 Å². The maximum Gasteiger partial charge on any atom is 0.227 e. The number of nitrogens with zero attached hydrogens (tertiary/aromatic N) is 3. The Hall–Kier alpha value is -4.26. The minimum Gasteiger partial charge on any atom is -0.496 e. The third kappa shape index (κ3) is 4.21. The first-order valence-corrected chi connectivity index (χ1v) is 11.2. The number of rotatable bonds is 5. The number of fused-ring (bicyclic) bond motifs is 3. The van der Waals surface area contributed by atoms with Gasteiger partial charge in [0.25, 0.3) is 0 Å². The van der Waals surface area contributed by atoms with E-state index in [9.17, 15) is 0 Å². The zero-order valence-electron chi connectivity index (χ0n) is 20.0. The van der Waals surface area contributed by atoms with E-state index < -0.39 is 0 Å². The van der Waals surface area contributed by atoms with E-state index >= 15 is 4.39 Å². The summed E-state index contributed by atoms with van der Waals surface area (Å²) in [5, 5.41) is 3.27. The Kier molecular flexibility index (Phi) is 5.91. The topological polar surface area (TPSA) is 68.6 Å². The van der Waals surface area contributed by atoms with Crippen LogP contribution >= 0.6 is 0 Å². The third-order valence-corrected chi connectivity index (χ3v) is 6.05. The number of aryl methyl sites for hydroxylation is 2. The Morgan fingerprint density at radius 3 is 2.54 bits per heavy atom. The summed E-state index contributed by atoms with van der Waals surface area (Å²) in [5.41, 5.74) is 7.04. The van der Waals surface area contributed by atoms with Crippen LogP contribution in [-0.4, -0.2) is 29.9 Å². The second-order valence-electron chi connectivity index (χ2n) is 8.41. The van der Waals surface area contributed by atoms with Gasteiger partial charge < -0.3 is 14.8 Å². The number of hydrogen-bond acceptors (Lipinski definition) is 6. The van der Waals surface area contributed by atoms with Crippen molar-refractivity contribution in [3.05, 3.63) is 94.4 Å². The molecule has 6 nitrogen and oxygen atoms in total. The first kappa shape index (κ1) is 22.5. The van der Waals surface area contributed by atoms with E-state index in [1.807, 2.05) is 50.2 Å². The Morgan fingerprint density at radius 1 is 0.914 bits per heavy atom. The van der Waals surface area contributed by atoms with Crippen LogP contribution in [0.3, 0.4) is 0 Å². The van der Waals surface area contributed by atoms with E-state index in [1.54, 1.807) is 25.4 Å². The van der Waals surface area contributed by atoms with E-state index in [2.05, 4.69) is 10.3 Å². The highest BCUT2D eigenvalue weighted by atomic mass is 19.1. The van der Waals surface area contributed by atoms with E-state index in [1.165, 1.54) is 13.2 Å². The molecule has 0 amide bonds. The summed E-state index contributed by atoms with van der Waals surface area (Å²) in [6.45, 7) is 4.30. The standard InChI is InChI=1S/C28H25FN4O2/c1-16-8-11-20-21(12-16)27(25-22(29)6-5-7-23(25)34-3)30-14-18-15-31-28(33-26(18)20)32-19-10-9-17(2)24(13-19)35-4/h5-13,15H,14H2,1-4H3,(H,31,32,33). The molecule has 0 bridgehead atoms. The van der Waals surface area contributed by atoms with E-state index in [-0.39, 0.29) is 5.82 Å². The van der Waals surface area contributed by atoms with Gasteiger partial charge in [0.1, 0.15) is 17.3 Å². The molecule has 2 heterocycles. The van der Waals surface area contributed by atoms with Gasteiger partial charge in [-0.2, -0.15) is 0 Å². The average Bonchev–Trinajstić information content (AvgIpc) is 3.01. The molecule has 7 heteroatoms. The minimum atomic E-state index is -0.386. The van der Waals surface area contributed by atoms with Gasteiger partial charge in [0.2, 0.25) is 5.95 Å². The van der Waals surface area contributed by atoms with Gasteiger partial charge in [-0.25, -0.2) is 14.4 Å². The molecule has 35 heavy (non-hydrogen) atoms. The fraction of sp³-hybridized carbons (Fsp3) is 0.179. The molecule has 0 spiro atoms. The summed E-state index contributed by atoms with van der Waals surface area (Å²) < 4.78 is 26.0. The van der Waals surface area contributed by atoms with Crippen LogP contribution in [0.1, 0.15) is 27.8 Å². The molecule has 1 aliphatic rings.